The van der Waals surface area contributed by atoms with Crippen molar-refractivity contribution in [2.45, 2.75) is 97.8 Å². The summed E-state index contributed by atoms with van der Waals surface area (Å²) in [5, 5.41) is 0. The molecule has 0 aromatic heterocycles. The molecule has 2 unspecified atom stereocenters. The predicted molar refractivity (Wildman–Crippen MR) is 152 cm³/mol. The van der Waals surface area contributed by atoms with Crippen molar-refractivity contribution in [3.63, 3.8) is 0 Å². The van der Waals surface area contributed by atoms with Crippen molar-refractivity contribution >= 4 is 18.0 Å². The Labute approximate surface area is 225 Å². The van der Waals surface area contributed by atoms with Gasteiger partial charge in [-0.1, -0.05) is 96.8 Å². The van der Waals surface area contributed by atoms with Crippen LogP contribution in [0.4, 0.5) is 0 Å². The monoisotopic (exact) mass is 514 g/mol. The van der Waals surface area contributed by atoms with E-state index in [1.807, 2.05) is 24.3 Å². The molecule has 0 aliphatic carbocycles. The van der Waals surface area contributed by atoms with E-state index in [2.05, 4.69) is 25.2 Å². The molecule has 1 aromatic carbocycles. The third-order valence-electron chi connectivity index (χ3n) is 6.88. The lowest BCUT2D eigenvalue weighted by atomic mass is 9.82. The molecule has 5 nitrogen and oxygen atoms in total. The van der Waals surface area contributed by atoms with E-state index in [1.165, 1.54) is 51.7 Å². The maximum atomic E-state index is 12.0. The van der Waals surface area contributed by atoms with Gasteiger partial charge >= 0.3 is 11.9 Å². The fraction of sp³-hybridized carbons (Fsp3) is 0.625. The number of unbranched alkanes of at least 4 members (excludes halogenated alkanes) is 7. The van der Waals surface area contributed by atoms with Crippen LogP contribution in [0.15, 0.2) is 42.5 Å². The number of benzene rings is 1. The van der Waals surface area contributed by atoms with Gasteiger partial charge in [0.2, 0.25) is 0 Å². The van der Waals surface area contributed by atoms with Crippen LogP contribution >= 0.6 is 0 Å². The van der Waals surface area contributed by atoms with Gasteiger partial charge in [-0.2, -0.15) is 0 Å². The zero-order chi connectivity index (χ0) is 27.3. The number of carbonyl (C=O) groups excluding carboxylic acids is 2. The van der Waals surface area contributed by atoms with E-state index >= 15 is 0 Å². The molecule has 0 radical (unpaired) electrons. The van der Waals surface area contributed by atoms with E-state index < -0.39 is 0 Å². The molecule has 208 valence electrons. The quantitative estimate of drug-likeness (QED) is 0.0937. The van der Waals surface area contributed by atoms with Gasteiger partial charge in [0.05, 0.1) is 20.3 Å². The van der Waals surface area contributed by atoms with Crippen molar-refractivity contribution in [1.82, 2.24) is 0 Å². The van der Waals surface area contributed by atoms with Crippen LogP contribution in [0.25, 0.3) is 6.08 Å². The molecule has 2 atom stereocenters. The van der Waals surface area contributed by atoms with Gasteiger partial charge < -0.3 is 14.2 Å². The normalized spacial score (nSPS) is 12.8. The molecule has 0 fully saturated rings. The van der Waals surface area contributed by atoms with Crippen LogP contribution in [0.2, 0.25) is 0 Å². The van der Waals surface area contributed by atoms with Crippen molar-refractivity contribution in [3.8, 4) is 5.75 Å². The topological polar surface area (TPSA) is 61.8 Å². The van der Waals surface area contributed by atoms with Crippen molar-refractivity contribution in [1.29, 1.82) is 0 Å². The summed E-state index contributed by atoms with van der Waals surface area (Å²) in [5.74, 6) is 1.22. The maximum Gasteiger partial charge on any atom is 0.333 e. The summed E-state index contributed by atoms with van der Waals surface area (Å²) in [6.07, 6.45) is 17.5. The molecular weight excluding hydrogens is 464 g/mol. The lowest BCUT2D eigenvalue weighted by Crippen LogP contribution is -2.22. The van der Waals surface area contributed by atoms with Crippen molar-refractivity contribution in [3.05, 3.63) is 48.1 Å². The van der Waals surface area contributed by atoms with E-state index in [-0.39, 0.29) is 11.9 Å². The Hall–Kier alpha value is -2.56. The number of hydrogen-bond donors (Lipinski definition) is 0. The standard InChI is InChI=1S/C32H50O5/c1-6-8-9-10-13-16-28(7-2)29(25-37-32(34)26(3)4)17-14-11-12-15-24-36-30-21-18-27(19-22-30)20-23-31(33)35-5/h18-23,28-29H,3,6-17,24-25H2,1-2,4-5H3. The molecular formula is C32H50O5. The molecule has 0 N–H and O–H groups in total. The highest BCUT2D eigenvalue weighted by Gasteiger charge is 2.21. The Bertz CT molecular complexity index is 796. The predicted octanol–water partition coefficient (Wildman–Crippen LogP) is 8.32. The SMILES string of the molecule is C=C(C)C(=O)OCC(CCCCCCOc1ccc(C=CC(=O)OC)cc1)C(CC)CCCCCCC. The van der Waals surface area contributed by atoms with Crippen LogP contribution in [-0.2, 0) is 19.1 Å². The second-order valence-electron chi connectivity index (χ2n) is 9.99. The summed E-state index contributed by atoms with van der Waals surface area (Å²) in [7, 11) is 1.36. The van der Waals surface area contributed by atoms with Crippen molar-refractivity contribution in [2.75, 3.05) is 20.3 Å². The average Bonchev–Trinajstić information content (AvgIpc) is 2.91. The van der Waals surface area contributed by atoms with Crippen LogP contribution in [-0.4, -0.2) is 32.3 Å². The number of methoxy groups -OCH3 is 1. The van der Waals surface area contributed by atoms with E-state index in [9.17, 15) is 9.59 Å². The van der Waals surface area contributed by atoms with E-state index in [1.54, 1.807) is 13.0 Å². The zero-order valence-corrected chi connectivity index (χ0v) is 23.8. The first-order valence-corrected chi connectivity index (χ1v) is 14.2. The molecule has 5 heteroatoms. The molecule has 0 aliphatic rings. The third-order valence-corrected chi connectivity index (χ3v) is 6.88. The van der Waals surface area contributed by atoms with Crippen LogP contribution in [0, 0.1) is 11.8 Å². The largest absolute Gasteiger partial charge is 0.494 e. The molecule has 0 bridgehead atoms. The lowest BCUT2D eigenvalue weighted by molar-refractivity contribution is -0.141. The number of hydrogen-bond acceptors (Lipinski definition) is 5. The van der Waals surface area contributed by atoms with Gasteiger partial charge in [0, 0.05) is 11.6 Å². The zero-order valence-electron chi connectivity index (χ0n) is 23.8. The van der Waals surface area contributed by atoms with Gasteiger partial charge in [-0.25, -0.2) is 9.59 Å². The van der Waals surface area contributed by atoms with Crippen LogP contribution in [0.3, 0.4) is 0 Å². The summed E-state index contributed by atoms with van der Waals surface area (Å²) in [6, 6.07) is 7.68. The van der Waals surface area contributed by atoms with Crippen LogP contribution < -0.4 is 4.74 Å². The minimum Gasteiger partial charge on any atom is -0.494 e. The molecule has 0 heterocycles. The molecule has 0 aliphatic heterocycles. The number of esters is 2. The molecule has 0 spiro atoms. The van der Waals surface area contributed by atoms with E-state index in [0.29, 0.717) is 30.6 Å². The Kier molecular flexibility index (Phi) is 18.0. The Morgan fingerprint density at radius 3 is 2.11 bits per heavy atom. The molecule has 0 saturated carbocycles. The van der Waals surface area contributed by atoms with Gasteiger partial charge in [-0.15, -0.1) is 0 Å². The highest BCUT2D eigenvalue weighted by atomic mass is 16.5. The maximum absolute atomic E-state index is 12.0. The first-order chi connectivity index (χ1) is 17.9. The first-order valence-electron chi connectivity index (χ1n) is 14.2. The number of ether oxygens (including phenoxy) is 3. The third kappa shape index (κ3) is 15.3. The van der Waals surface area contributed by atoms with Crippen LogP contribution in [0.5, 0.6) is 5.75 Å². The molecule has 0 amide bonds. The van der Waals surface area contributed by atoms with Gasteiger partial charge in [0.1, 0.15) is 5.75 Å². The fourth-order valence-corrected chi connectivity index (χ4v) is 4.50. The summed E-state index contributed by atoms with van der Waals surface area (Å²) in [6.45, 7) is 11.1. The van der Waals surface area contributed by atoms with Crippen molar-refractivity contribution < 1.29 is 23.8 Å². The number of carbonyl (C=O) groups is 2. The summed E-state index contributed by atoms with van der Waals surface area (Å²) >= 11 is 0. The Morgan fingerprint density at radius 1 is 0.892 bits per heavy atom. The average molecular weight is 515 g/mol. The minimum absolute atomic E-state index is 0.271. The smallest absolute Gasteiger partial charge is 0.333 e. The summed E-state index contributed by atoms with van der Waals surface area (Å²) in [4.78, 5) is 23.2. The Balaban J connectivity index is 2.38. The molecule has 37 heavy (non-hydrogen) atoms. The second-order valence-corrected chi connectivity index (χ2v) is 9.99. The Morgan fingerprint density at radius 2 is 1.51 bits per heavy atom. The summed E-state index contributed by atoms with van der Waals surface area (Å²) < 4.78 is 16.1. The fourth-order valence-electron chi connectivity index (χ4n) is 4.50. The highest BCUT2D eigenvalue weighted by molar-refractivity contribution is 5.87. The van der Waals surface area contributed by atoms with Gasteiger partial charge in [-0.05, 0) is 55.4 Å². The van der Waals surface area contributed by atoms with Crippen molar-refractivity contribution in [2.24, 2.45) is 11.8 Å². The first kappa shape index (κ1) is 32.5. The molecule has 1 aromatic rings. The van der Waals surface area contributed by atoms with E-state index in [0.717, 1.165) is 49.8 Å². The second kappa shape index (κ2) is 20.5. The molecule has 0 saturated heterocycles. The van der Waals surface area contributed by atoms with Gasteiger partial charge in [0.15, 0.2) is 0 Å². The van der Waals surface area contributed by atoms with Gasteiger partial charge in [0.25, 0.3) is 0 Å². The van der Waals surface area contributed by atoms with Gasteiger partial charge in [-0.3, -0.25) is 0 Å². The summed E-state index contributed by atoms with van der Waals surface area (Å²) in [5.41, 5.74) is 1.39. The van der Waals surface area contributed by atoms with E-state index in [4.69, 9.17) is 9.47 Å². The highest BCUT2D eigenvalue weighted by Crippen LogP contribution is 2.28. The lowest BCUT2D eigenvalue weighted by Gasteiger charge is -2.26. The minimum atomic E-state index is -0.368. The molecule has 1 rings (SSSR count). The number of rotatable bonds is 21. The van der Waals surface area contributed by atoms with Crippen LogP contribution in [0.1, 0.15) is 103 Å².